The highest BCUT2D eigenvalue weighted by Gasteiger charge is 2.17. The van der Waals surface area contributed by atoms with E-state index in [0.717, 1.165) is 17.7 Å². The van der Waals surface area contributed by atoms with Gasteiger partial charge in [0, 0.05) is 6.54 Å². The maximum Gasteiger partial charge on any atom is 0.234 e. The highest BCUT2D eigenvalue weighted by atomic mass is 32.2. The molecule has 0 atom stereocenters. The summed E-state index contributed by atoms with van der Waals surface area (Å²) in [6.07, 6.45) is 2.52. The summed E-state index contributed by atoms with van der Waals surface area (Å²) in [4.78, 5) is 11.4. The molecule has 0 spiro atoms. The minimum atomic E-state index is -0.279. The van der Waals surface area contributed by atoms with Gasteiger partial charge in [0.2, 0.25) is 5.91 Å². The SMILES string of the molecule is CSCC(=O)Nc1ccc2c(c1F)CCNC2. The average Bonchev–Trinajstić information content (AvgIpc) is 2.33. The van der Waals surface area contributed by atoms with Crippen molar-refractivity contribution in [3.05, 3.63) is 29.1 Å². The molecule has 0 saturated heterocycles. The van der Waals surface area contributed by atoms with Crippen LogP contribution in [0.15, 0.2) is 12.1 Å². The molecule has 1 aliphatic rings. The molecule has 2 N–H and O–H groups in total. The summed E-state index contributed by atoms with van der Waals surface area (Å²) >= 11 is 1.42. The Morgan fingerprint density at radius 3 is 3.18 bits per heavy atom. The van der Waals surface area contributed by atoms with Crippen LogP contribution < -0.4 is 10.6 Å². The highest BCUT2D eigenvalue weighted by molar-refractivity contribution is 7.99. The number of anilines is 1. The highest BCUT2D eigenvalue weighted by Crippen LogP contribution is 2.24. The fourth-order valence-corrected chi connectivity index (χ4v) is 2.28. The topological polar surface area (TPSA) is 41.1 Å². The molecule has 3 nitrogen and oxygen atoms in total. The molecule has 0 aromatic heterocycles. The molecule has 5 heteroatoms. The van der Waals surface area contributed by atoms with E-state index in [9.17, 15) is 9.18 Å². The monoisotopic (exact) mass is 254 g/mol. The number of halogens is 1. The zero-order valence-electron chi connectivity index (χ0n) is 9.68. The number of amides is 1. The molecule has 0 bridgehead atoms. The molecular weight excluding hydrogens is 239 g/mol. The van der Waals surface area contributed by atoms with Crippen molar-refractivity contribution in [1.29, 1.82) is 0 Å². The van der Waals surface area contributed by atoms with Gasteiger partial charge in [-0.1, -0.05) is 6.07 Å². The largest absolute Gasteiger partial charge is 0.323 e. The van der Waals surface area contributed by atoms with E-state index in [0.29, 0.717) is 24.4 Å². The minimum Gasteiger partial charge on any atom is -0.323 e. The van der Waals surface area contributed by atoms with Gasteiger partial charge in [-0.05, 0) is 36.4 Å². The molecule has 2 rings (SSSR count). The van der Waals surface area contributed by atoms with Crippen molar-refractivity contribution in [3.63, 3.8) is 0 Å². The number of fused-ring (bicyclic) bond motifs is 1. The van der Waals surface area contributed by atoms with Gasteiger partial charge in [-0.15, -0.1) is 0 Å². The Morgan fingerprint density at radius 1 is 1.59 bits per heavy atom. The first-order valence-electron chi connectivity index (χ1n) is 5.52. The second-order valence-electron chi connectivity index (χ2n) is 3.97. The summed E-state index contributed by atoms with van der Waals surface area (Å²) in [6.45, 7) is 1.48. The number of benzene rings is 1. The fraction of sp³-hybridized carbons (Fsp3) is 0.417. The minimum absolute atomic E-state index is 0.162. The number of nitrogens with one attached hydrogen (secondary N) is 2. The number of hydrogen-bond donors (Lipinski definition) is 2. The smallest absolute Gasteiger partial charge is 0.234 e. The molecule has 0 radical (unpaired) electrons. The van der Waals surface area contributed by atoms with Crippen LogP contribution in [0, 0.1) is 5.82 Å². The van der Waals surface area contributed by atoms with E-state index < -0.39 is 0 Å². The lowest BCUT2D eigenvalue weighted by Gasteiger charge is -2.19. The van der Waals surface area contributed by atoms with Crippen LogP contribution >= 0.6 is 11.8 Å². The Hall–Kier alpha value is -1.07. The van der Waals surface area contributed by atoms with E-state index >= 15 is 0 Å². The molecule has 17 heavy (non-hydrogen) atoms. The molecular formula is C12H15FN2OS. The Kier molecular flexibility index (Phi) is 4.02. The summed E-state index contributed by atoms with van der Waals surface area (Å²) in [5, 5.41) is 5.80. The average molecular weight is 254 g/mol. The quantitative estimate of drug-likeness (QED) is 0.864. The lowest BCUT2D eigenvalue weighted by atomic mass is 9.99. The molecule has 92 valence electrons. The van der Waals surface area contributed by atoms with E-state index in [1.807, 2.05) is 12.3 Å². The Bertz CT molecular complexity index is 437. The molecule has 0 saturated carbocycles. The van der Waals surface area contributed by atoms with Crippen LogP contribution in [0.3, 0.4) is 0 Å². The third-order valence-electron chi connectivity index (χ3n) is 2.76. The van der Waals surface area contributed by atoms with Gasteiger partial charge in [0.25, 0.3) is 0 Å². The van der Waals surface area contributed by atoms with Crippen LogP contribution in [0.2, 0.25) is 0 Å². The molecule has 1 heterocycles. The van der Waals surface area contributed by atoms with Gasteiger partial charge < -0.3 is 10.6 Å². The van der Waals surface area contributed by atoms with Crippen LogP contribution in [0.1, 0.15) is 11.1 Å². The van der Waals surface area contributed by atoms with E-state index in [2.05, 4.69) is 10.6 Å². The third-order valence-corrected chi connectivity index (χ3v) is 3.31. The maximum absolute atomic E-state index is 14.1. The number of thioether (sulfide) groups is 1. The zero-order valence-corrected chi connectivity index (χ0v) is 10.5. The molecule has 1 amide bonds. The molecule has 0 unspecified atom stereocenters. The van der Waals surface area contributed by atoms with Gasteiger partial charge in [-0.2, -0.15) is 11.8 Å². The van der Waals surface area contributed by atoms with E-state index in [1.54, 1.807) is 6.07 Å². The fourth-order valence-electron chi connectivity index (χ4n) is 1.95. The van der Waals surface area contributed by atoms with Gasteiger partial charge in [-0.3, -0.25) is 4.79 Å². The molecule has 0 aliphatic carbocycles. The van der Waals surface area contributed by atoms with Gasteiger partial charge in [0.1, 0.15) is 5.82 Å². The first-order valence-corrected chi connectivity index (χ1v) is 6.91. The normalized spacial score (nSPS) is 14.2. The van der Waals surface area contributed by atoms with Crippen molar-refractivity contribution in [3.8, 4) is 0 Å². The van der Waals surface area contributed by atoms with E-state index in [4.69, 9.17) is 0 Å². The van der Waals surface area contributed by atoms with Crippen molar-refractivity contribution in [2.45, 2.75) is 13.0 Å². The van der Waals surface area contributed by atoms with Crippen LogP contribution in [-0.4, -0.2) is 24.5 Å². The van der Waals surface area contributed by atoms with Crippen molar-refractivity contribution >= 4 is 23.4 Å². The second-order valence-corrected chi connectivity index (χ2v) is 4.84. The number of rotatable bonds is 3. The summed E-state index contributed by atoms with van der Waals surface area (Å²) in [5.74, 6) is -0.0957. The zero-order chi connectivity index (χ0) is 12.3. The van der Waals surface area contributed by atoms with Crippen LogP contribution in [0.4, 0.5) is 10.1 Å². The van der Waals surface area contributed by atoms with Crippen molar-refractivity contribution in [2.75, 3.05) is 23.9 Å². The van der Waals surface area contributed by atoms with Gasteiger partial charge >= 0.3 is 0 Å². The molecule has 0 fully saturated rings. The molecule has 1 aromatic rings. The van der Waals surface area contributed by atoms with Crippen LogP contribution in [0.5, 0.6) is 0 Å². The number of carbonyl (C=O) groups excluding carboxylic acids is 1. The summed E-state index contributed by atoms with van der Waals surface area (Å²) in [7, 11) is 0. The second kappa shape index (κ2) is 5.51. The lowest BCUT2D eigenvalue weighted by Crippen LogP contribution is -2.25. The first-order chi connectivity index (χ1) is 8.22. The number of carbonyl (C=O) groups is 1. The van der Waals surface area contributed by atoms with E-state index in [-0.39, 0.29) is 11.7 Å². The predicted octanol–water partition coefficient (Wildman–Crippen LogP) is 1.77. The maximum atomic E-state index is 14.1. The summed E-state index contributed by atoms with van der Waals surface area (Å²) in [5.41, 5.74) is 2.01. The summed E-state index contributed by atoms with van der Waals surface area (Å²) < 4.78 is 14.1. The van der Waals surface area contributed by atoms with Crippen LogP contribution in [-0.2, 0) is 17.8 Å². The van der Waals surface area contributed by atoms with Gasteiger partial charge in [-0.25, -0.2) is 4.39 Å². The van der Waals surface area contributed by atoms with Crippen LogP contribution in [0.25, 0.3) is 0 Å². The lowest BCUT2D eigenvalue weighted by molar-refractivity contribution is -0.113. The predicted molar refractivity (Wildman–Crippen MR) is 68.8 cm³/mol. The molecule has 1 aliphatic heterocycles. The van der Waals surface area contributed by atoms with E-state index in [1.165, 1.54) is 11.8 Å². The standard InChI is InChI=1S/C12H15FN2OS/c1-17-7-11(16)15-10-3-2-8-6-14-5-4-9(8)12(10)13/h2-3,14H,4-7H2,1H3,(H,15,16). The Morgan fingerprint density at radius 2 is 2.41 bits per heavy atom. The van der Waals surface area contributed by atoms with Crippen molar-refractivity contribution in [2.24, 2.45) is 0 Å². The Balaban J connectivity index is 2.21. The van der Waals surface area contributed by atoms with Gasteiger partial charge in [0.15, 0.2) is 0 Å². The van der Waals surface area contributed by atoms with Crippen molar-refractivity contribution in [1.82, 2.24) is 5.32 Å². The third kappa shape index (κ3) is 2.79. The summed E-state index contributed by atoms with van der Waals surface area (Å²) in [6, 6.07) is 3.51. The Labute approximate surface area is 104 Å². The van der Waals surface area contributed by atoms with Crippen molar-refractivity contribution < 1.29 is 9.18 Å². The first kappa shape index (κ1) is 12.4. The molecule has 1 aromatic carbocycles. The number of hydrogen-bond acceptors (Lipinski definition) is 3. The van der Waals surface area contributed by atoms with Gasteiger partial charge in [0.05, 0.1) is 11.4 Å².